The lowest BCUT2D eigenvalue weighted by atomic mass is 10.1. The highest BCUT2D eigenvalue weighted by atomic mass is 35.5. The zero-order chi connectivity index (χ0) is 14.8. The van der Waals surface area contributed by atoms with Crippen LogP contribution in [0.15, 0.2) is 18.7 Å². The van der Waals surface area contributed by atoms with Crippen LogP contribution in [-0.4, -0.2) is 32.2 Å². The lowest BCUT2D eigenvalue weighted by Crippen LogP contribution is -2.28. The van der Waals surface area contributed by atoms with Gasteiger partial charge in [0.15, 0.2) is 0 Å². The summed E-state index contributed by atoms with van der Waals surface area (Å²) in [4.78, 5) is 16.1. The third kappa shape index (κ3) is 3.05. The van der Waals surface area contributed by atoms with Gasteiger partial charge in [-0.25, -0.2) is 0 Å². The number of amides is 1. The van der Waals surface area contributed by atoms with Gasteiger partial charge in [0.1, 0.15) is 12.2 Å². The maximum Gasteiger partial charge on any atom is 0.253 e. The van der Waals surface area contributed by atoms with Gasteiger partial charge in [-0.1, -0.05) is 11.6 Å². The molecule has 0 saturated heterocycles. The van der Waals surface area contributed by atoms with Crippen molar-refractivity contribution in [1.29, 1.82) is 0 Å². The zero-order valence-corrected chi connectivity index (χ0v) is 12.5. The standard InChI is InChI=1S/C14H16ClN5O/c1-9-11(6-16-7-12(9)15)14(21)17-4-5-20-8-18-19-13(20)10-2-3-10/h6-8,10H,2-5H2,1H3,(H,17,21). The number of halogens is 1. The Morgan fingerprint density at radius 2 is 2.29 bits per heavy atom. The van der Waals surface area contributed by atoms with E-state index in [4.69, 9.17) is 11.6 Å². The van der Waals surface area contributed by atoms with Gasteiger partial charge in [-0.3, -0.25) is 9.78 Å². The first-order valence-corrected chi connectivity index (χ1v) is 7.30. The third-order valence-corrected chi connectivity index (χ3v) is 4.01. The van der Waals surface area contributed by atoms with E-state index in [1.807, 2.05) is 11.5 Å². The normalized spacial score (nSPS) is 14.2. The monoisotopic (exact) mass is 305 g/mol. The van der Waals surface area contributed by atoms with Crippen molar-refractivity contribution < 1.29 is 4.79 Å². The smallest absolute Gasteiger partial charge is 0.253 e. The molecule has 2 aromatic rings. The number of pyridine rings is 1. The summed E-state index contributed by atoms with van der Waals surface area (Å²) in [5.41, 5.74) is 1.25. The van der Waals surface area contributed by atoms with Crippen LogP contribution in [0.1, 0.15) is 40.5 Å². The van der Waals surface area contributed by atoms with Crippen LogP contribution in [0.3, 0.4) is 0 Å². The van der Waals surface area contributed by atoms with Gasteiger partial charge in [0.25, 0.3) is 5.91 Å². The summed E-state index contributed by atoms with van der Waals surface area (Å²) in [6, 6.07) is 0. The molecule has 2 aromatic heterocycles. The Hall–Kier alpha value is -1.95. The molecule has 21 heavy (non-hydrogen) atoms. The predicted octanol–water partition coefficient (Wildman–Crippen LogP) is 1.94. The summed E-state index contributed by atoms with van der Waals surface area (Å²) in [6.07, 6.45) is 7.14. The minimum Gasteiger partial charge on any atom is -0.350 e. The molecule has 6 nitrogen and oxygen atoms in total. The van der Waals surface area contributed by atoms with E-state index in [2.05, 4.69) is 20.5 Å². The van der Waals surface area contributed by atoms with Gasteiger partial charge >= 0.3 is 0 Å². The second-order valence-corrected chi connectivity index (χ2v) is 5.61. The molecule has 0 atom stereocenters. The molecule has 0 spiro atoms. The Balaban J connectivity index is 1.58. The van der Waals surface area contributed by atoms with Crippen LogP contribution in [0.4, 0.5) is 0 Å². The molecule has 2 heterocycles. The molecule has 1 fully saturated rings. The van der Waals surface area contributed by atoms with Crippen molar-refractivity contribution >= 4 is 17.5 Å². The predicted molar refractivity (Wildman–Crippen MR) is 78.3 cm³/mol. The quantitative estimate of drug-likeness (QED) is 0.916. The van der Waals surface area contributed by atoms with Crippen molar-refractivity contribution in [3.8, 4) is 0 Å². The molecule has 1 N–H and O–H groups in total. The van der Waals surface area contributed by atoms with E-state index in [0.717, 1.165) is 11.4 Å². The van der Waals surface area contributed by atoms with Gasteiger partial charge < -0.3 is 9.88 Å². The van der Waals surface area contributed by atoms with Gasteiger partial charge in [0, 0.05) is 31.4 Å². The fraction of sp³-hybridized carbons (Fsp3) is 0.429. The molecule has 3 rings (SSSR count). The fourth-order valence-corrected chi connectivity index (χ4v) is 2.37. The summed E-state index contributed by atoms with van der Waals surface area (Å²) in [5, 5.41) is 11.4. The lowest BCUT2D eigenvalue weighted by molar-refractivity contribution is 0.0951. The van der Waals surface area contributed by atoms with Crippen LogP contribution >= 0.6 is 11.6 Å². The topological polar surface area (TPSA) is 72.7 Å². The Labute approximate surface area is 127 Å². The number of carbonyl (C=O) groups is 1. The first-order valence-electron chi connectivity index (χ1n) is 6.93. The molecular formula is C14H16ClN5O. The molecule has 0 aliphatic heterocycles. The van der Waals surface area contributed by atoms with Crippen molar-refractivity contribution in [1.82, 2.24) is 25.1 Å². The Morgan fingerprint density at radius 1 is 1.48 bits per heavy atom. The van der Waals surface area contributed by atoms with Crippen molar-refractivity contribution in [3.63, 3.8) is 0 Å². The Morgan fingerprint density at radius 3 is 3.05 bits per heavy atom. The van der Waals surface area contributed by atoms with E-state index in [0.29, 0.717) is 29.6 Å². The Kier molecular flexibility index (Phi) is 3.88. The molecule has 1 saturated carbocycles. The van der Waals surface area contributed by atoms with E-state index >= 15 is 0 Å². The van der Waals surface area contributed by atoms with Crippen molar-refractivity contribution in [2.75, 3.05) is 6.54 Å². The molecule has 0 aromatic carbocycles. The molecular weight excluding hydrogens is 290 g/mol. The van der Waals surface area contributed by atoms with Crippen LogP contribution in [-0.2, 0) is 6.54 Å². The molecule has 0 radical (unpaired) electrons. The van der Waals surface area contributed by atoms with E-state index in [1.54, 1.807) is 6.33 Å². The second-order valence-electron chi connectivity index (χ2n) is 5.21. The largest absolute Gasteiger partial charge is 0.350 e. The number of rotatable bonds is 5. The summed E-state index contributed by atoms with van der Waals surface area (Å²) >= 11 is 5.97. The van der Waals surface area contributed by atoms with Crippen molar-refractivity contribution in [3.05, 3.63) is 40.7 Å². The first-order chi connectivity index (χ1) is 10.2. The van der Waals surface area contributed by atoms with E-state index < -0.39 is 0 Å². The van der Waals surface area contributed by atoms with Gasteiger partial charge in [-0.2, -0.15) is 0 Å². The molecule has 0 unspecified atom stereocenters. The van der Waals surface area contributed by atoms with Gasteiger partial charge in [-0.15, -0.1) is 10.2 Å². The summed E-state index contributed by atoms with van der Waals surface area (Å²) < 4.78 is 2.00. The molecule has 0 bridgehead atoms. The number of nitrogens with one attached hydrogen (secondary N) is 1. The second kappa shape index (κ2) is 5.81. The maximum absolute atomic E-state index is 12.1. The van der Waals surface area contributed by atoms with Gasteiger partial charge in [0.2, 0.25) is 0 Å². The average molecular weight is 306 g/mol. The van der Waals surface area contributed by atoms with Gasteiger partial charge in [-0.05, 0) is 25.3 Å². The summed E-state index contributed by atoms with van der Waals surface area (Å²) in [5.74, 6) is 1.40. The fourth-order valence-electron chi connectivity index (χ4n) is 2.21. The number of nitrogens with zero attached hydrogens (tertiary/aromatic N) is 4. The van der Waals surface area contributed by atoms with Crippen LogP contribution in [0, 0.1) is 6.92 Å². The molecule has 1 amide bonds. The molecule has 7 heteroatoms. The minimum atomic E-state index is -0.163. The highest BCUT2D eigenvalue weighted by Gasteiger charge is 2.28. The maximum atomic E-state index is 12.1. The molecule has 1 aliphatic carbocycles. The summed E-state index contributed by atoms with van der Waals surface area (Å²) in [6.45, 7) is 2.99. The average Bonchev–Trinajstić information content (AvgIpc) is 3.21. The minimum absolute atomic E-state index is 0.163. The number of hydrogen-bond donors (Lipinski definition) is 1. The highest BCUT2D eigenvalue weighted by Crippen LogP contribution is 2.38. The first kappa shape index (κ1) is 14.0. The zero-order valence-electron chi connectivity index (χ0n) is 11.7. The van der Waals surface area contributed by atoms with Crippen LogP contribution in [0.5, 0.6) is 0 Å². The van der Waals surface area contributed by atoms with Crippen LogP contribution in [0.25, 0.3) is 0 Å². The molecule has 1 aliphatic rings. The highest BCUT2D eigenvalue weighted by molar-refractivity contribution is 6.31. The third-order valence-electron chi connectivity index (χ3n) is 3.62. The SMILES string of the molecule is Cc1c(Cl)cncc1C(=O)NCCn1cnnc1C1CC1. The Bertz CT molecular complexity index is 665. The van der Waals surface area contributed by atoms with Crippen LogP contribution < -0.4 is 5.32 Å². The number of hydrogen-bond acceptors (Lipinski definition) is 4. The van der Waals surface area contributed by atoms with Crippen molar-refractivity contribution in [2.24, 2.45) is 0 Å². The van der Waals surface area contributed by atoms with Crippen LogP contribution in [0.2, 0.25) is 5.02 Å². The lowest BCUT2D eigenvalue weighted by Gasteiger charge is -2.09. The van der Waals surface area contributed by atoms with E-state index in [1.165, 1.54) is 25.2 Å². The van der Waals surface area contributed by atoms with E-state index in [-0.39, 0.29) is 5.91 Å². The van der Waals surface area contributed by atoms with E-state index in [9.17, 15) is 4.79 Å². The van der Waals surface area contributed by atoms with Crippen molar-refractivity contribution in [2.45, 2.75) is 32.2 Å². The summed E-state index contributed by atoms with van der Waals surface area (Å²) in [7, 11) is 0. The van der Waals surface area contributed by atoms with Gasteiger partial charge in [0.05, 0.1) is 10.6 Å². The number of aromatic nitrogens is 4. The number of carbonyl (C=O) groups excluding carboxylic acids is 1. The molecule has 110 valence electrons.